The summed E-state index contributed by atoms with van der Waals surface area (Å²) in [5.41, 5.74) is 1.41. The van der Waals surface area contributed by atoms with Gasteiger partial charge in [-0.25, -0.2) is 4.98 Å². The third kappa shape index (κ3) is 5.17. The van der Waals surface area contributed by atoms with Crippen LogP contribution in [0.4, 0.5) is 5.69 Å². The van der Waals surface area contributed by atoms with Crippen molar-refractivity contribution in [3.63, 3.8) is 0 Å². The fourth-order valence-corrected chi connectivity index (χ4v) is 1.61. The van der Waals surface area contributed by atoms with Crippen molar-refractivity contribution < 1.29 is 4.79 Å². The minimum Gasteiger partial charge on any atom is -0.382 e. The van der Waals surface area contributed by atoms with E-state index in [9.17, 15) is 4.79 Å². The first kappa shape index (κ1) is 14.5. The molecule has 0 saturated heterocycles. The van der Waals surface area contributed by atoms with Crippen LogP contribution in [0.3, 0.4) is 0 Å². The highest BCUT2D eigenvalue weighted by atomic mass is 16.1. The van der Waals surface area contributed by atoms with E-state index in [1.165, 1.54) is 0 Å². The largest absolute Gasteiger partial charge is 0.382 e. The van der Waals surface area contributed by atoms with Crippen molar-refractivity contribution in [2.24, 2.45) is 0 Å². The number of carbonyl (C=O) groups is 1. The Bertz CT molecular complexity index is 360. The van der Waals surface area contributed by atoms with Crippen LogP contribution in [0.1, 0.15) is 50.5 Å². The smallest absolute Gasteiger partial charge is 0.269 e. The third-order valence-electron chi connectivity index (χ3n) is 2.52. The number of aromatic nitrogens is 1. The first-order chi connectivity index (χ1) is 8.63. The molecule has 0 spiro atoms. The van der Waals surface area contributed by atoms with Crippen LogP contribution in [-0.4, -0.2) is 23.5 Å². The highest BCUT2D eigenvalue weighted by Gasteiger charge is 2.06. The van der Waals surface area contributed by atoms with Gasteiger partial charge < -0.3 is 10.6 Å². The van der Waals surface area contributed by atoms with Crippen molar-refractivity contribution in [2.45, 2.75) is 46.1 Å². The molecule has 0 aliphatic rings. The van der Waals surface area contributed by atoms with Gasteiger partial charge in [-0.1, -0.05) is 19.8 Å². The predicted molar refractivity (Wildman–Crippen MR) is 74.9 cm³/mol. The number of amides is 1. The number of pyridine rings is 1. The molecule has 0 aliphatic carbocycles. The molecule has 0 unspecified atom stereocenters. The molecule has 1 heterocycles. The molecule has 1 rings (SSSR count). The molecule has 0 aromatic carbocycles. The zero-order chi connectivity index (χ0) is 13.4. The van der Waals surface area contributed by atoms with Crippen LogP contribution in [0, 0.1) is 0 Å². The van der Waals surface area contributed by atoms with Crippen LogP contribution in [0.15, 0.2) is 18.3 Å². The highest BCUT2D eigenvalue weighted by Crippen LogP contribution is 2.07. The second kappa shape index (κ2) is 7.69. The minimum atomic E-state index is -0.0952. The van der Waals surface area contributed by atoms with E-state index in [4.69, 9.17) is 0 Å². The number of unbranched alkanes of at least 4 members (excludes halogenated alkanes) is 2. The average Bonchev–Trinajstić information content (AvgIpc) is 2.34. The normalized spacial score (nSPS) is 10.4. The monoisotopic (exact) mass is 249 g/mol. The first-order valence-electron chi connectivity index (χ1n) is 6.64. The lowest BCUT2D eigenvalue weighted by atomic mass is 10.2. The van der Waals surface area contributed by atoms with Gasteiger partial charge in [-0.2, -0.15) is 0 Å². The Morgan fingerprint density at radius 2 is 2.11 bits per heavy atom. The van der Waals surface area contributed by atoms with Gasteiger partial charge in [-0.05, 0) is 32.4 Å². The predicted octanol–water partition coefficient (Wildman–Crippen LogP) is 2.82. The maximum Gasteiger partial charge on any atom is 0.269 e. The van der Waals surface area contributed by atoms with E-state index in [1.807, 2.05) is 6.07 Å². The summed E-state index contributed by atoms with van der Waals surface area (Å²) in [4.78, 5) is 15.9. The highest BCUT2D eigenvalue weighted by molar-refractivity contribution is 5.92. The van der Waals surface area contributed by atoms with Crippen molar-refractivity contribution in [2.75, 3.05) is 11.9 Å². The molecule has 1 aromatic heterocycles. The average molecular weight is 249 g/mol. The number of nitrogens with one attached hydrogen (secondary N) is 2. The van der Waals surface area contributed by atoms with Crippen molar-refractivity contribution in [3.8, 4) is 0 Å². The lowest BCUT2D eigenvalue weighted by Gasteiger charge is -2.09. The Labute approximate surface area is 109 Å². The molecule has 0 radical (unpaired) electrons. The van der Waals surface area contributed by atoms with Crippen LogP contribution >= 0.6 is 0 Å². The molecule has 4 nitrogen and oxygen atoms in total. The Hall–Kier alpha value is -1.58. The van der Waals surface area contributed by atoms with Gasteiger partial charge in [0.2, 0.25) is 0 Å². The Kier molecular flexibility index (Phi) is 6.19. The summed E-state index contributed by atoms with van der Waals surface area (Å²) >= 11 is 0. The SMILES string of the molecule is CCCCCNC(=O)c1ccc(NC(C)C)cn1. The lowest BCUT2D eigenvalue weighted by molar-refractivity contribution is 0.0948. The fourth-order valence-electron chi connectivity index (χ4n) is 1.61. The zero-order valence-electron chi connectivity index (χ0n) is 11.5. The van der Waals surface area contributed by atoms with E-state index in [2.05, 4.69) is 36.4 Å². The van der Waals surface area contributed by atoms with Crippen LogP contribution in [0.2, 0.25) is 0 Å². The molecule has 0 saturated carbocycles. The fraction of sp³-hybridized carbons (Fsp3) is 0.571. The first-order valence-corrected chi connectivity index (χ1v) is 6.64. The molecular formula is C14H23N3O. The molecule has 0 atom stereocenters. The van der Waals surface area contributed by atoms with Gasteiger partial charge in [0, 0.05) is 12.6 Å². The van der Waals surface area contributed by atoms with Gasteiger partial charge in [0.1, 0.15) is 5.69 Å². The van der Waals surface area contributed by atoms with Crippen molar-refractivity contribution in [1.82, 2.24) is 10.3 Å². The topological polar surface area (TPSA) is 54.0 Å². The summed E-state index contributed by atoms with van der Waals surface area (Å²) in [6.45, 7) is 6.99. The second-order valence-corrected chi connectivity index (χ2v) is 4.69. The maximum atomic E-state index is 11.7. The van der Waals surface area contributed by atoms with E-state index in [1.54, 1.807) is 12.3 Å². The number of carbonyl (C=O) groups excluding carboxylic acids is 1. The Morgan fingerprint density at radius 3 is 2.67 bits per heavy atom. The van der Waals surface area contributed by atoms with E-state index in [-0.39, 0.29) is 5.91 Å². The summed E-state index contributed by atoms with van der Waals surface area (Å²) in [5.74, 6) is -0.0952. The zero-order valence-corrected chi connectivity index (χ0v) is 11.5. The molecular weight excluding hydrogens is 226 g/mol. The van der Waals surface area contributed by atoms with Gasteiger partial charge in [0.25, 0.3) is 5.91 Å². The summed E-state index contributed by atoms with van der Waals surface area (Å²) < 4.78 is 0. The lowest BCUT2D eigenvalue weighted by Crippen LogP contribution is -2.25. The number of rotatable bonds is 7. The number of nitrogens with zero attached hydrogens (tertiary/aromatic N) is 1. The number of anilines is 1. The Morgan fingerprint density at radius 1 is 1.33 bits per heavy atom. The minimum absolute atomic E-state index is 0.0952. The second-order valence-electron chi connectivity index (χ2n) is 4.69. The van der Waals surface area contributed by atoms with E-state index in [0.717, 1.165) is 31.5 Å². The van der Waals surface area contributed by atoms with E-state index in [0.29, 0.717) is 11.7 Å². The third-order valence-corrected chi connectivity index (χ3v) is 2.52. The Balaban J connectivity index is 2.43. The summed E-state index contributed by atoms with van der Waals surface area (Å²) in [6.07, 6.45) is 5.02. The summed E-state index contributed by atoms with van der Waals surface area (Å²) in [7, 11) is 0. The van der Waals surface area contributed by atoms with Gasteiger partial charge in [0.15, 0.2) is 0 Å². The van der Waals surface area contributed by atoms with Crippen molar-refractivity contribution in [3.05, 3.63) is 24.0 Å². The van der Waals surface area contributed by atoms with Crippen LogP contribution in [-0.2, 0) is 0 Å². The van der Waals surface area contributed by atoms with Crippen molar-refractivity contribution in [1.29, 1.82) is 0 Å². The molecule has 4 heteroatoms. The molecule has 1 aromatic rings. The van der Waals surface area contributed by atoms with Crippen LogP contribution in [0.25, 0.3) is 0 Å². The summed E-state index contributed by atoms with van der Waals surface area (Å²) in [5, 5.41) is 6.11. The molecule has 0 aliphatic heterocycles. The quantitative estimate of drug-likeness (QED) is 0.731. The van der Waals surface area contributed by atoms with Gasteiger partial charge >= 0.3 is 0 Å². The van der Waals surface area contributed by atoms with E-state index >= 15 is 0 Å². The molecule has 1 amide bonds. The van der Waals surface area contributed by atoms with Crippen molar-refractivity contribution >= 4 is 11.6 Å². The maximum absolute atomic E-state index is 11.7. The van der Waals surface area contributed by atoms with Gasteiger partial charge in [-0.15, -0.1) is 0 Å². The molecule has 100 valence electrons. The van der Waals surface area contributed by atoms with E-state index < -0.39 is 0 Å². The summed E-state index contributed by atoms with van der Waals surface area (Å²) in [6, 6.07) is 3.99. The number of hydrogen-bond acceptors (Lipinski definition) is 3. The van der Waals surface area contributed by atoms with Crippen LogP contribution < -0.4 is 10.6 Å². The standard InChI is InChI=1S/C14H23N3O/c1-4-5-6-9-15-14(18)13-8-7-12(10-16-13)17-11(2)3/h7-8,10-11,17H,4-6,9H2,1-3H3,(H,15,18). The molecule has 0 fully saturated rings. The molecule has 2 N–H and O–H groups in total. The number of hydrogen-bond donors (Lipinski definition) is 2. The molecule has 18 heavy (non-hydrogen) atoms. The van der Waals surface area contributed by atoms with Gasteiger partial charge in [-0.3, -0.25) is 4.79 Å². The van der Waals surface area contributed by atoms with Crippen LogP contribution in [0.5, 0.6) is 0 Å². The molecule has 0 bridgehead atoms. The van der Waals surface area contributed by atoms with Gasteiger partial charge in [0.05, 0.1) is 11.9 Å².